The Kier molecular flexibility index (Phi) is 6.34. The highest BCUT2D eigenvalue weighted by molar-refractivity contribution is 5.93. The molecule has 3 aromatic rings. The second-order valence-electron chi connectivity index (χ2n) is 6.58. The molecule has 0 aromatic heterocycles. The van der Waals surface area contributed by atoms with Gasteiger partial charge in [-0.25, -0.2) is 0 Å². The molecule has 0 bridgehead atoms. The van der Waals surface area contributed by atoms with Crippen molar-refractivity contribution in [1.82, 2.24) is 0 Å². The lowest BCUT2D eigenvalue weighted by atomic mass is 9.98. The molecule has 29 heavy (non-hydrogen) atoms. The lowest BCUT2D eigenvalue weighted by Gasteiger charge is -2.13. The van der Waals surface area contributed by atoms with E-state index in [1.807, 2.05) is 36.4 Å². The van der Waals surface area contributed by atoms with E-state index in [-0.39, 0.29) is 6.61 Å². The summed E-state index contributed by atoms with van der Waals surface area (Å²) in [6.45, 7) is 1.41. The zero-order valence-electron chi connectivity index (χ0n) is 16.6. The highest BCUT2D eigenvalue weighted by atomic mass is 16.5. The van der Waals surface area contributed by atoms with E-state index >= 15 is 0 Å². The average molecular weight is 393 g/mol. The van der Waals surface area contributed by atoms with Crippen LogP contribution in [0, 0.1) is 0 Å². The van der Waals surface area contributed by atoms with Gasteiger partial charge < -0.3 is 19.5 Å². The highest BCUT2D eigenvalue weighted by Gasteiger charge is 2.18. The monoisotopic (exact) mass is 393 g/mol. The summed E-state index contributed by atoms with van der Waals surface area (Å²) >= 11 is 0. The first-order chi connectivity index (χ1) is 14.0. The number of nitrogens with one attached hydrogen (secondary N) is 1. The fourth-order valence-electron chi connectivity index (χ4n) is 2.91. The Morgan fingerprint density at radius 3 is 2.17 bits per heavy atom. The van der Waals surface area contributed by atoms with Crippen molar-refractivity contribution in [3.8, 4) is 11.5 Å². The van der Waals surface area contributed by atoms with Crippen molar-refractivity contribution < 1.29 is 23.8 Å². The summed E-state index contributed by atoms with van der Waals surface area (Å²) in [5, 5.41) is 4.70. The van der Waals surface area contributed by atoms with Gasteiger partial charge in [0.15, 0.2) is 6.61 Å². The van der Waals surface area contributed by atoms with Gasteiger partial charge >= 0.3 is 5.97 Å². The lowest BCUT2D eigenvalue weighted by molar-refractivity contribution is -0.148. The molecule has 1 atom stereocenters. The Hall–Kier alpha value is -3.54. The Balaban J connectivity index is 1.58. The fourth-order valence-corrected chi connectivity index (χ4v) is 2.91. The van der Waals surface area contributed by atoms with Gasteiger partial charge in [-0.15, -0.1) is 0 Å². The van der Waals surface area contributed by atoms with Crippen molar-refractivity contribution >= 4 is 28.3 Å². The van der Waals surface area contributed by atoms with Gasteiger partial charge in [0.05, 0.1) is 20.1 Å². The summed E-state index contributed by atoms with van der Waals surface area (Å²) in [4.78, 5) is 24.4. The van der Waals surface area contributed by atoms with Gasteiger partial charge in [0.1, 0.15) is 11.5 Å². The number of hydrogen-bond donors (Lipinski definition) is 1. The molecule has 1 N–H and O–H groups in total. The van der Waals surface area contributed by atoms with Crippen LogP contribution in [0.4, 0.5) is 5.69 Å². The molecule has 0 unspecified atom stereocenters. The van der Waals surface area contributed by atoms with Crippen LogP contribution in [-0.2, 0) is 14.3 Å². The second kappa shape index (κ2) is 9.10. The number of carbonyl (C=O) groups excluding carboxylic acids is 2. The van der Waals surface area contributed by atoms with Crippen LogP contribution in [0.1, 0.15) is 18.4 Å². The van der Waals surface area contributed by atoms with Crippen LogP contribution in [0.25, 0.3) is 10.8 Å². The normalized spacial score (nSPS) is 11.6. The van der Waals surface area contributed by atoms with Gasteiger partial charge in [-0.1, -0.05) is 24.3 Å². The summed E-state index contributed by atoms with van der Waals surface area (Å²) in [5.41, 5.74) is 1.42. The number of ether oxygens (including phenoxy) is 3. The molecule has 0 aliphatic carbocycles. The zero-order valence-corrected chi connectivity index (χ0v) is 16.6. The first-order valence-corrected chi connectivity index (χ1v) is 9.18. The van der Waals surface area contributed by atoms with E-state index in [4.69, 9.17) is 14.2 Å². The summed E-state index contributed by atoms with van der Waals surface area (Å²) in [6, 6.07) is 18.4. The molecular weight excluding hydrogens is 370 g/mol. The van der Waals surface area contributed by atoms with E-state index < -0.39 is 17.8 Å². The number of hydrogen-bond acceptors (Lipinski definition) is 5. The molecule has 0 aliphatic heterocycles. The molecule has 0 saturated carbocycles. The number of anilines is 1. The van der Waals surface area contributed by atoms with E-state index in [9.17, 15) is 9.59 Å². The van der Waals surface area contributed by atoms with Crippen LogP contribution in [0.2, 0.25) is 0 Å². The third-order valence-electron chi connectivity index (χ3n) is 4.64. The van der Waals surface area contributed by atoms with Gasteiger partial charge in [0.2, 0.25) is 0 Å². The fraction of sp³-hybridized carbons (Fsp3) is 0.217. The smallest absolute Gasteiger partial charge is 0.313 e. The average Bonchev–Trinajstić information content (AvgIpc) is 2.76. The molecule has 150 valence electrons. The zero-order chi connectivity index (χ0) is 20.8. The van der Waals surface area contributed by atoms with Gasteiger partial charge in [0.25, 0.3) is 5.91 Å². The first-order valence-electron chi connectivity index (χ1n) is 9.18. The van der Waals surface area contributed by atoms with Crippen LogP contribution in [0.15, 0.2) is 60.7 Å². The van der Waals surface area contributed by atoms with Crippen molar-refractivity contribution in [2.75, 3.05) is 26.1 Å². The van der Waals surface area contributed by atoms with E-state index in [1.165, 1.54) is 0 Å². The summed E-state index contributed by atoms with van der Waals surface area (Å²) in [7, 11) is 3.19. The van der Waals surface area contributed by atoms with Crippen LogP contribution in [-0.4, -0.2) is 32.7 Å². The number of esters is 1. The van der Waals surface area contributed by atoms with E-state index in [0.717, 1.165) is 22.1 Å². The molecule has 1 amide bonds. The molecule has 6 heteroatoms. The number of rotatable bonds is 7. The highest BCUT2D eigenvalue weighted by Crippen LogP contribution is 2.25. The Morgan fingerprint density at radius 2 is 1.48 bits per heavy atom. The number of fused-ring (bicyclic) bond motifs is 1. The second-order valence-corrected chi connectivity index (χ2v) is 6.58. The van der Waals surface area contributed by atoms with E-state index in [2.05, 4.69) is 5.32 Å². The van der Waals surface area contributed by atoms with Crippen LogP contribution < -0.4 is 14.8 Å². The van der Waals surface area contributed by atoms with E-state index in [0.29, 0.717) is 11.4 Å². The number of amides is 1. The van der Waals surface area contributed by atoms with Crippen molar-refractivity contribution in [3.05, 3.63) is 66.2 Å². The molecular formula is C23H23NO5. The van der Waals surface area contributed by atoms with Crippen molar-refractivity contribution in [2.24, 2.45) is 0 Å². The predicted octanol–water partition coefficient (Wildman–Crippen LogP) is 4.14. The minimum Gasteiger partial charge on any atom is -0.497 e. The first kappa shape index (κ1) is 20.2. The maximum atomic E-state index is 12.4. The third kappa shape index (κ3) is 5.04. The molecule has 3 rings (SSSR count). The maximum Gasteiger partial charge on any atom is 0.313 e. The number of carbonyl (C=O) groups is 2. The Bertz CT molecular complexity index is 1010. The largest absolute Gasteiger partial charge is 0.497 e. The molecule has 0 heterocycles. The van der Waals surface area contributed by atoms with Crippen LogP contribution >= 0.6 is 0 Å². The van der Waals surface area contributed by atoms with Gasteiger partial charge in [-0.05, 0) is 59.7 Å². The quantitative estimate of drug-likeness (QED) is 0.611. The Morgan fingerprint density at radius 1 is 0.862 bits per heavy atom. The van der Waals surface area contributed by atoms with Gasteiger partial charge in [-0.2, -0.15) is 0 Å². The molecule has 6 nitrogen and oxygen atoms in total. The molecule has 0 aliphatic rings. The Labute approximate surface area is 169 Å². The molecule has 3 aromatic carbocycles. The van der Waals surface area contributed by atoms with E-state index in [1.54, 1.807) is 45.4 Å². The van der Waals surface area contributed by atoms with Crippen molar-refractivity contribution in [1.29, 1.82) is 0 Å². The standard InChI is InChI=1S/C23H23NO5/c1-15(16-4-5-18-13-21(28-3)9-6-17(18)12-16)23(26)29-14-22(25)24-19-7-10-20(27-2)11-8-19/h4-13,15H,14H2,1-3H3,(H,24,25)/t15-/m0/s1. The predicted molar refractivity (Wildman–Crippen MR) is 111 cm³/mol. The van der Waals surface area contributed by atoms with Crippen molar-refractivity contribution in [2.45, 2.75) is 12.8 Å². The maximum absolute atomic E-state index is 12.4. The summed E-state index contributed by atoms with van der Waals surface area (Å²) in [6.07, 6.45) is 0. The SMILES string of the molecule is COc1ccc(NC(=O)COC(=O)[C@@H](C)c2ccc3cc(OC)ccc3c2)cc1. The lowest BCUT2D eigenvalue weighted by Crippen LogP contribution is -2.23. The summed E-state index contributed by atoms with van der Waals surface area (Å²) < 4.78 is 15.5. The minimum absolute atomic E-state index is 0.347. The number of methoxy groups -OCH3 is 2. The third-order valence-corrected chi connectivity index (χ3v) is 4.64. The summed E-state index contributed by atoms with van der Waals surface area (Å²) in [5.74, 6) is 0.122. The topological polar surface area (TPSA) is 73.9 Å². The van der Waals surface area contributed by atoms with Crippen LogP contribution in [0.3, 0.4) is 0 Å². The van der Waals surface area contributed by atoms with Crippen LogP contribution in [0.5, 0.6) is 11.5 Å². The minimum atomic E-state index is -0.490. The molecule has 0 fully saturated rings. The van der Waals surface area contributed by atoms with Gasteiger partial charge in [0, 0.05) is 5.69 Å². The number of benzene rings is 3. The molecule has 0 spiro atoms. The van der Waals surface area contributed by atoms with Gasteiger partial charge in [-0.3, -0.25) is 9.59 Å². The molecule has 0 saturated heterocycles. The van der Waals surface area contributed by atoms with Crippen molar-refractivity contribution in [3.63, 3.8) is 0 Å². The molecule has 0 radical (unpaired) electrons.